The maximum atomic E-state index is 11.9. The van der Waals surface area contributed by atoms with Gasteiger partial charge >= 0.3 is 0 Å². The number of nitrogens with zero attached hydrogens (tertiary/aromatic N) is 2. The van der Waals surface area contributed by atoms with Crippen molar-refractivity contribution in [1.82, 2.24) is 5.43 Å². The molecule has 128 valence electrons. The van der Waals surface area contributed by atoms with Crippen LogP contribution in [-0.4, -0.2) is 29.6 Å². The van der Waals surface area contributed by atoms with E-state index in [1.165, 1.54) is 30.5 Å². The molecule has 2 aromatic rings. The average Bonchev–Trinajstić information content (AvgIpc) is 2.60. The molecular weight excluding hydrogens is 330 g/mol. The molecule has 2 aromatic carbocycles. The Morgan fingerprint density at radius 3 is 2.48 bits per heavy atom. The molecule has 0 saturated heterocycles. The third kappa shape index (κ3) is 5.13. The number of ether oxygens (including phenoxy) is 1. The predicted molar refractivity (Wildman–Crippen MR) is 85.1 cm³/mol. The Morgan fingerprint density at radius 1 is 1.16 bits per heavy atom. The molecule has 1 amide bonds. The maximum absolute atomic E-state index is 11.9. The summed E-state index contributed by atoms with van der Waals surface area (Å²) in [5, 5.41) is 24.8. The fourth-order valence-electron chi connectivity index (χ4n) is 1.81. The van der Waals surface area contributed by atoms with Crippen LogP contribution < -0.4 is 15.3 Å². The van der Waals surface area contributed by atoms with Crippen molar-refractivity contribution in [2.45, 2.75) is 0 Å². The van der Waals surface area contributed by atoms with Crippen LogP contribution in [0.15, 0.2) is 53.6 Å². The Hall–Kier alpha value is -3.75. The third-order valence-corrected chi connectivity index (χ3v) is 2.97. The Labute approximate surface area is 141 Å². The number of carbonyl (C=O) groups is 2. The van der Waals surface area contributed by atoms with E-state index >= 15 is 0 Å². The van der Waals surface area contributed by atoms with E-state index in [1.54, 1.807) is 24.3 Å². The zero-order valence-corrected chi connectivity index (χ0v) is 12.7. The summed E-state index contributed by atoms with van der Waals surface area (Å²) in [5.74, 6) is -1.66. The second-order valence-corrected chi connectivity index (χ2v) is 4.70. The monoisotopic (exact) mass is 342 g/mol. The molecule has 0 spiro atoms. The van der Waals surface area contributed by atoms with Crippen molar-refractivity contribution in [2.24, 2.45) is 5.10 Å². The summed E-state index contributed by atoms with van der Waals surface area (Å²) < 4.78 is 5.05. The number of carboxylic acid groups (broad SMARTS) is 1. The summed E-state index contributed by atoms with van der Waals surface area (Å²) in [7, 11) is 0. The van der Waals surface area contributed by atoms with E-state index < -0.39 is 23.4 Å². The molecule has 0 saturated carbocycles. The normalized spacial score (nSPS) is 10.4. The quantitative estimate of drug-likeness (QED) is 0.442. The van der Waals surface area contributed by atoms with E-state index in [2.05, 4.69) is 10.5 Å². The number of para-hydroxylation sites is 1. The number of hydrazone groups is 1. The summed E-state index contributed by atoms with van der Waals surface area (Å²) in [6.07, 6.45) is 1.29. The fraction of sp³-hybridized carbons (Fsp3) is 0.0625. The highest BCUT2D eigenvalue weighted by Gasteiger charge is 2.08. The van der Waals surface area contributed by atoms with Gasteiger partial charge in [0, 0.05) is 23.3 Å². The number of aliphatic carboxylic acids is 1. The predicted octanol–water partition coefficient (Wildman–Crippen LogP) is 0.487. The minimum atomic E-state index is -1.36. The summed E-state index contributed by atoms with van der Waals surface area (Å²) in [5.41, 5.74) is 2.79. The van der Waals surface area contributed by atoms with Crippen molar-refractivity contribution in [2.75, 3.05) is 6.61 Å². The fourth-order valence-corrected chi connectivity index (χ4v) is 1.81. The number of carboxylic acids is 1. The Kier molecular flexibility index (Phi) is 5.77. The first kappa shape index (κ1) is 17.6. The summed E-state index contributed by atoms with van der Waals surface area (Å²) >= 11 is 0. The molecule has 25 heavy (non-hydrogen) atoms. The van der Waals surface area contributed by atoms with Crippen molar-refractivity contribution >= 4 is 23.8 Å². The van der Waals surface area contributed by atoms with Crippen LogP contribution in [0.3, 0.4) is 0 Å². The first-order valence-electron chi connectivity index (χ1n) is 6.97. The highest BCUT2D eigenvalue weighted by atomic mass is 16.6. The molecule has 0 fully saturated rings. The number of amides is 1. The maximum Gasteiger partial charge on any atom is 0.271 e. The van der Waals surface area contributed by atoms with Crippen molar-refractivity contribution < 1.29 is 24.4 Å². The number of benzene rings is 2. The molecule has 0 unspecified atom stereocenters. The first-order valence-corrected chi connectivity index (χ1v) is 6.97. The lowest BCUT2D eigenvalue weighted by atomic mass is 10.2. The van der Waals surface area contributed by atoms with Gasteiger partial charge in [-0.1, -0.05) is 12.1 Å². The number of hydrogen-bond donors (Lipinski definition) is 1. The first-order chi connectivity index (χ1) is 12.0. The second-order valence-electron chi connectivity index (χ2n) is 4.70. The molecule has 9 heteroatoms. The Bertz CT molecular complexity index is 817. The SMILES string of the molecule is O=C([O-])COc1ccccc1C=NNC(=O)c1ccc([N+](=O)[O-])cc1. The number of carbonyl (C=O) groups excluding carboxylic acids is 2. The molecule has 0 aliphatic heterocycles. The molecule has 9 nitrogen and oxygen atoms in total. The lowest BCUT2D eigenvalue weighted by Crippen LogP contribution is -2.29. The van der Waals surface area contributed by atoms with E-state index in [1.807, 2.05) is 0 Å². The molecule has 1 N–H and O–H groups in total. The van der Waals surface area contributed by atoms with E-state index in [-0.39, 0.29) is 17.0 Å². The van der Waals surface area contributed by atoms with Gasteiger partial charge in [-0.3, -0.25) is 14.9 Å². The molecular formula is C16H12N3O6-. The number of non-ortho nitro benzene ring substituents is 1. The molecule has 0 atom stereocenters. The van der Waals surface area contributed by atoms with Crippen LogP contribution in [0, 0.1) is 10.1 Å². The number of nitro benzene ring substituents is 1. The van der Waals surface area contributed by atoms with Crippen LogP contribution in [0.4, 0.5) is 5.69 Å². The minimum Gasteiger partial charge on any atom is -0.546 e. The molecule has 0 radical (unpaired) electrons. The second kappa shape index (κ2) is 8.20. The molecule has 0 aliphatic rings. The Morgan fingerprint density at radius 2 is 1.84 bits per heavy atom. The Balaban J connectivity index is 2.01. The lowest BCUT2D eigenvalue weighted by molar-refractivity contribution is -0.384. The van der Waals surface area contributed by atoms with Gasteiger partial charge in [0.15, 0.2) is 0 Å². The zero-order chi connectivity index (χ0) is 18.2. The van der Waals surface area contributed by atoms with Gasteiger partial charge in [0.25, 0.3) is 11.6 Å². The summed E-state index contributed by atoms with van der Waals surface area (Å²) in [4.78, 5) is 32.3. The van der Waals surface area contributed by atoms with Gasteiger partial charge in [-0.05, 0) is 24.3 Å². The number of nitrogens with one attached hydrogen (secondary N) is 1. The van der Waals surface area contributed by atoms with Crippen LogP contribution in [0.1, 0.15) is 15.9 Å². The van der Waals surface area contributed by atoms with Gasteiger partial charge in [0.05, 0.1) is 17.1 Å². The largest absolute Gasteiger partial charge is 0.546 e. The third-order valence-electron chi connectivity index (χ3n) is 2.97. The molecule has 0 heterocycles. The van der Waals surface area contributed by atoms with Crippen LogP contribution in [0.5, 0.6) is 5.75 Å². The highest BCUT2D eigenvalue weighted by Crippen LogP contribution is 2.15. The smallest absolute Gasteiger partial charge is 0.271 e. The van der Waals surface area contributed by atoms with Crippen LogP contribution in [0.2, 0.25) is 0 Å². The molecule has 0 aromatic heterocycles. The van der Waals surface area contributed by atoms with Gasteiger partial charge in [-0.15, -0.1) is 0 Å². The molecule has 2 rings (SSSR count). The van der Waals surface area contributed by atoms with Gasteiger partial charge < -0.3 is 14.6 Å². The topological polar surface area (TPSA) is 134 Å². The van der Waals surface area contributed by atoms with E-state index in [0.717, 1.165) is 0 Å². The average molecular weight is 342 g/mol. The van der Waals surface area contributed by atoms with Crippen molar-refractivity contribution in [3.05, 3.63) is 69.8 Å². The minimum absolute atomic E-state index is 0.126. The number of hydrogen-bond acceptors (Lipinski definition) is 7. The lowest BCUT2D eigenvalue weighted by Gasteiger charge is -2.09. The van der Waals surface area contributed by atoms with Gasteiger partial charge in [-0.25, -0.2) is 5.43 Å². The van der Waals surface area contributed by atoms with Crippen molar-refractivity contribution in [3.8, 4) is 5.75 Å². The zero-order valence-electron chi connectivity index (χ0n) is 12.7. The highest BCUT2D eigenvalue weighted by molar-refractivity contribution is 5.95. The number of rotatable bonds is 7. The van der Waals surface area contributed by atoms with Crippen LogP contribution in [0.25, 0.3) is 0 Å². The van der Waals surface area contributed by atoms with Crippen LogP contribution >= 0.6 is 0 Å². The van der Waals surface area contributed by atoms with E-state index in [9.17, 15) is 24.8 Å². The van der Waals surface area contributed by atoms with E-state index in [4.69, 9.17) is 4.74 Å². The standard InChI is InChI=1S/C16H13N3O6/c20-15(21)10-25-14-4-2-1-3-12(14)9-17-18-16(22)11-5-7-13(8-6-11)19(23)24/h1-9H,10H2,(H,18,22)(H,20,21)/p-1. The molecule has 0 bridgehead atoms. The van der Waals surface area contributed by atoms with Crippen LogP contribution in [-0.2, 0) is 4.79 Å². The van der Waals surface area contributed by atoms with Gasteiger partial charge in [0.2, 0.25) is 0 Å². The van der Waals surface area contributed by atoms with Gasteiger partial charge in [0.1, 0.15) is 12.4 Å². The van der Waals surface area contributed by atoms with Crippen molar-refractivity contribution in [1.29, 1.82) is 0 Å². The summed E-state index contributed by atoms with van der Waals surface area (Å²) in [6.45, 7) is -0.611. The summed E-state index contributed by atoms with van der Waals surface area (Å²) in [6, 6.07) is 11.5. The van der Waals surface area contributed by atoms with E-state index in [0.29, 0.717) is 5.56 Å². The number of nitro groups is 1. The van der Waals surface area contributed by atoms with Gasteiger partial charge in [-0.2, -0.15) is 5.10 Å². The molecule has 0 aliphatic carbocycles. The van der Waals surface area contributed by atoms with Crippen molar-refractivity contribution in [3.63, 3.8) is 0 Å².